The summed E-state index contributed by atoms with van der Waals surface area (Å²) in [5, 5.41) is 2.08. The van der Waals surface area contributed by atoms with Gasteiger partial charge in [-0.3, -0.25) is 10.2 Å². The van der Waals surface area contributed by atoms with Crippen LogP contribution in [0, 0.1) is 0 Å². The molecule has 8 heteroatoms. The Labute approximate surface area is 162 Å². The number of ether oxygens (including phenoxy) is 1. The van der Waals surface area contributed by atoms with Crippen molar-refractivity contribution in [2.24, 2.45) is 0 Å². The number of carbonyl (C=O) groups excluding carboxylic acids is 1. The Morgan fingerprint density at radius 1 is 1.00 bits per heavy atom. The molecule has 3 rings (SSSR count). The van der Waals surface area contributed by atoms with E-state index in [1.54, 1.807) is 12.1 Å². The maximum absolute atomic E-state index is 12.2. The third-order valence-electron chi connectivity index (χ3n) is 3.84. The molecule has 3 aromatic carbocycles. The minimum absolute atomic E-state index is 0.0553. The molecular weight excluding hydrogens is 388 g/mol. The lowest BCUT2D eigenvalue weighted by Crippen LogP contribution is -2.47. The number of carbonyl (C=O) groups is 1. The molecule has 0 heterocycles. The second-order valence-electron chi connectivity index (χ2n) is 5.79. The van der Waals surface area contributed by atoms with Crippen molar-refractivity contribution in [2.45, 2.75) is 17.9 Å². The lowest BCUT2D eigenvalue weighted by molar-refractivity contribution is -0.127. The largest absolute Gasteiger partial charge is 0.481 e. The molecule has 0 aliphatic rings. The van der Waals surface area contributed by atoms with Crippen molar-refractivity contribution >= 4 is 38.3 Å². The molecular formula is C19H17ClN2O4S. The van der Waals surface area contributed by atoms with Crippen LogP contribution in [0.5, 0.6) is 5.75 Å². The molecule has 0 saturated heterocycles. The van der Waals surface area contributed by atoms with Crippen molar-refractivity contribution in [3.8, 4) is 5.75 Å². The van der Waals surface area contributed by atoms with Crippen LogP contribution in [0.1, 0.15) is 6.92 Å². The summed E-state index contributed by atoms with van der Waals surface area (Å²) < 4.78 is 30.1. The van der Waals surface area contributed by atoms with Crippen LogP contribution < -0.4 is 15.0 Å². The lowest BCUT2D eigenvalue weighted by atomic mass is 10.1. The van der Waals surface area contributed by atoms with E-state index in [-0.39, 0.29) is 9.92 Å². The van der Waals surface area contributed by atoms with Gasteiger partial charge in [0.05, 0.1) is 5.02 Å². The van der Waals surface area contributed by atoms with E-state index in [1.807, 2.05) is 41.2 Å². The Morgan fingerprint density at radius 2 is 1.67 bits per heavy atom. The van der Waals surface area contributed by atoms with Crippen LogP contribution in [-0.4, -0.2) is 20.4 Å². The van der Waals surface area contributed by atoms with E-state index >= 15 is 0 Å². The molecule has 0 spiro atoms. The summed E-state index contributed by atoms with van der Waals surface area (Å²) >= 11 is 5.89. The lowest BCUT2D eigenvalue weighted by Gasteiger charge is -2.16. The highest BCUT2D eigenvalue weighted by Crippen LogP contribution is 2.22. The van der Waals surface area contributed by atoms with Crippen molar-refractivity contribution in [3.63, 3.8) is 0 Å². The van der Waals surface area contributed by atoms with Gasteiger partial charge < -0.3 is 4.74 Å². The Kier molecular flexibility index (Phi) is 5.65. The fraction of sp³-hybridized carbons (Fsp3) is 0.105. The maximum Gasteiger partial charge on any atom is 0.275 e. The number of fused-ring (bicyclic) bond motifs is 1. The summed E-state index contributed by atoms with van der Waals surface area (Å²) in [4.78, 5) is 14.1. The van der Waals surface area contributed by atoms with E-state index in [2.05, 4.69) is 5.43 Å². The zero-order chi connectivity index (χ0) is 19.4. The molecule has 0 aromatic heterocycles. The van der Waals surface area contributed by atoms with Crippen LogP contribution in [0.4, 0.5) is 0 Å². The molecule has 0 bridgehead atoms. The van der Waals surface area contributed by atoms with Crippen molar-refractivity contribution < 1.29 is 17.9 Å². The number of halogens is 1. The summed E-state index contributed by atoms with van der Waals surface area (Å²) in [6.45, 7) is 1.52. The molecule has 140 valence electrons. The predicted octanol–water partition coefficient (Wildman–Crippen LogP) is 3.27. The average molecular weight is 405 g/mol. The van der Waals surface area contributed by atoms with Gasteiger partial charge in [0.2, 0.25) is 0 Å². The van der Waals surface area contributed by atoms with Gasteiger partial charge in [-0.05, 0) is 42.0 Å². The number of sulfonamides is 1. The zero-order valence-corrected chi connectivity index (χ0v) is 15.9. The van der Waals surface area contributed by atoms with Crippen molar-refractivity contribution in [2.75, 3.05) is 0 Å². The van der Waals surface area contributed by atoms with Crippen LogP contribution in [0.25, 0.3) is 10.8 Å². The standard InChI is InChI=1S/C19H17ClN2O4S/c1-13(26-16-11-10-14-6-2-3-7-15(14)12-16)19(23)21-22-27(24,25)18-9-5-4-8-17(18)20/h2-13,22H,1H3,(H,21,23). The fourth-order valence-corrected chi connectivity index (χ4v) is 3.80. The van der Waals surface area contributed by atoms with Crippen LogP contribution in [0.2, 0.25) is 5.02 Å². The minimum atomic E-state index is -3.99. The molecule has 0 saturated carbocycles. The van der Waals surface area contributed by atoms with Gasteiger partial charge in [0.25, 0.3) is 15.9 Å². The first-order valence-electron chi connectivity index (χ1n) is 8.08. The van der Waals surface area contributed by atoms with Gasteiger partial charge in [0.15, 0.2) is 6.10 Å². The summed E-state index contributed by atoms with van der Waals surface area (Å²) in [6.07, 6.45) is -0.917. The van der Waals surface area contributed by atoms with Gasteiger partial charge in [-0.1, -0.05) is 54.1 Å². The Balaban J connectivity index is 1.64. The number of hydrogen-bond donors (Lipinski definition) is 2. The van der Waals surface area contributed by atoms with E-state index in [4.69, 9.17) is 16.3 Å². The molecule has 1 unspecified atom stereocenters. The number of hydrazine groups is 1. The van der Waals surface area contributed by atoms with Crippen LogP contribution >= 0.6 is 11.6 Å². The third kappa shape index (κ3) is 4.57. The number of benzene rings is 3. The normalized spacial score (nSPS) is 12.5. The zero-order valence-electron chi connectivity index (χ0n) is 14.3. The van der Waals surface area contributed by atoms with Gasteiger partial charge in [0.1, 0.15) is 10.6 Å². The minimum Gasteiger partial charge on any atom is -0.481 e. The predicted molar refractivity (Wildman–Crippen MR) is 104 cm³/mol. The highest BCUT2D eigenvalue weighted by atomic mass is 35.5. The van der Waals surface area contributed by atoms with Crippen LogP contribution in [-0.2, 0) is 14.8 Å². The topological polar surface area (TPSA) is 84.5 Å². The summed E-state index contributed by atoms with van der Waals surface area (Å²) in [5.41, 5.74) is 2.15. The Morgan fingerprint density at radius 3 is 2.41 bits per heavy atom. The molecule has 2 N–H and O–H groups in total. The first-order valence-corrected chi connectivity index (χ1v) is 9.94. The maximum atomic E-state index is 12.2. The quantitative estimate of drug-likeness (QED) is 0.617. The van der Waals surface area contributed by atoms with Gasteiger partial charge in [0, 0.05) is 0 Å². The molecule has 1 atom stereocenters. The van der Waals surface area contributed by atoms with Crippen molar-refractivity contribution in [1.29, 1.82) is 0 Å². The monoisotopic (exact) mass is 404 g/mol. The highest BCUT2D eigenvalue weighted by Gasteiger charge is 2.21. The number of amides is 1. The molecule has 6 nitrogen and oxygen atoms in total. The number of nitrogens with one attached hydrogen (secondary N) is 2. The Bertz CT molecular complexity index is 1090. The smallest absolute Gasteiger partial charge is 0.275 e. The second kappa shape index (κ2) is 7.96. The van der Waals surface area contributed by atoms with Gasteiger partial charge in [-0.2, -0.15) is 0 Å². The Hall–Kier alpha value is -2.61. The average Bonchev–Trinajstić information content (AvgIpc) is 2.66. The van der Waals surface area contributed by atoms with E-state index in [9.17, 15) is 13.2 Å². The van der Waals surface area contributed by atoms with Gasteiger partial charge >= 0.3 is 0 Å². The summed E-state index contributed by atoms with van der Waals surface area (Å²) in [6, 6.07) is 19.1. The molecule has 0 aliphatic carbocycles. The van der Waals surface area contributed by atoms with E-state index < -0.39 is 22.0 Å². The second-order valence-corrected chi connectivity index (χ2v) is 7.85. The molecule has 0 fully saturated rings. The fourth-order valence-electron chi connectivity index (χ4n) is 2.44. The molecule has 27 heavy (non-hydrogen) atoms. The van der Waals surface area contributed by atoms with E-state index in [1.165, 1.54) is 25.1 Å². The van der Waals surface area contributed by atoms with Crippen molar-refractivity contribution in [1.82, 2.24) is 10.3 Å². The SMILES string of the molecule is CC(Oc1ccc2ccccc2c1)C(=O)NNS(=O)(=O)c1ccccc1Cl. The number of rotatable bonds is 6. The highest BCUT2D eigenvalue weighted by molar-refractivity contribution is 7.89. The molecule has 0 aliphatic heterocycles. The molecule has 1 amide bonds. The first kappa shape index (κ1) is 19.2. The van der Waals surface area contributed by atoms with E-state index in [0.717, 1.165) is 10.8 Å². The van der Waals surface area contributed by atoms with Crippen LogP contribution in [0.3, 0.4) is 0 Å². The molecule has 0 radical (unpaired) electrons. The van der Waals surface area contributed by atoms with Crippen molar-refractivity contribution in [3.05, 3.63) is 71.8 Å². The summed E-state index contributed by atoms with van der Waals surface area (Å²) in [7, 11) is -3.99. The third-order valence-corrected chi connectivity index (χ3v) is 5.59. The molecule has 3 aromatic rings. The summed E-state index contributed by atoms with van der Waals surface area (Å²) in [5.74, 6) is -0.135. The van der Waals surface area contributed by atoms with E-state index in [0.29, 0.717) is 5.75 Å². The van der Waals surface area contributed by atoms with Gasteiger partial charge in [-0.15, -0.1) is 4.83 Å². The van der Waals surface area contributed by atoms with Gasteiger partial charge in [-0.25, -0.2) is 8.42 Å². The number of hydrogen-bond acceptors (Lipinski definition) is 4. The first-order chi connectivity index (χ1) is 12.9. The van der Waals surface area contributed by atoms with Crippen LogP contribution in [0.15, 0.2) is 71.6 Å².